The molecule has 2 aromatic rings. The Labute approximate surface area is 121 Å². The summed E-state index contributed by atoms with van der Waals surface area (Å²) in [6.45, 7) is 2.13. The normalized spacial score (nSPS) is 23.7. The zero-order chi connectivity index (χ0) is 13.9. The van der Waals surface area contributed by atoms with Gasteiger partial charge in [-0.25, -0.2) is 0 Å². The van der Waals surface area contributed by atoms with Crippen molar-refractivity contribution >= 4 is 0 Å². The van der Waals surface area contributed by atoms with Gasteiger partial charge in [0, 0.05) is 18.5 Å². The molecular formula is C18H22N2. The third kappa shape index (κ3) is 2.77. The zero-order valence-electron chi connectivity index (χ0n) is 12.0. The molecule has 1 aliphatic heterocycles. The summed E-state index contributed by atoms with van der Waals surface area (Å²) in [6, 6.07) is 19.7. The highest BCUT2D eigenvalue weighted by molar-refractivity contribution is 5.63. The van der Waals surface area contributed by atoms with Crippen LogP contribution in [0.1, 0.15) is 17.9 Å². The second kappa shape index (κ2) is 5.78. The molecule has 2 aromatic carbocycles. The molecule has 1 heterocycles. The lowest BCUT2D eigenvalue weighted by Crippen LogP contribution is -2.45. The smallest absolute Gasteiger partial charge is 0.0237 e. The molecule has 2 atom stereocenters. The molecule has 0 aromatic heterocycles. The zero-order valence-corrected chi connectivity index (χ0v) is 12.0. The van der Waals surface area contributed by atoms with E-state index in [-0.39, 0.29) is 6.04 Å². The van der Waals surface area contributed by atoms with Gasteiger partial charge in [0.25, 0.3) is 0 Å². The van der Waals surface area contributed by atoms with Gasteiger partial charge in [-0.2, -0.15) is 0 Å². The van der Waals surface area contributed by atoms with Gasteiger partial charge in [-0.3, -0.25) is 0 Å². The van der Waals surface area contributed by atoms with Gasteiger partial charge in [0.2, 0.25) is 0 Å². The van der Waals surface area contributed by atoms with E-state index < -0.39 is 0 Å². The van der Waals surface area contributed by atoms with Gasteiger partial charge in [0.1, 0.15) is 0 Å². The molecule has 1 aliphatic rings. The van der Waals surface area contributed by atoms with E-state index in [0.717, 1.165) is 19.5 Å². The molecule has 0 unspecified atom stereocenters. The fourth-order valence-electron chi connectivity index (χ4n) is 3.12. The standard InChI is InChI=1S/C18H22N2/c1-20-12-11-17(18(19)13-20)16-9-7-15(8-10-16)14-5-3-2-4-6-14/h2-10,17-18H,11-13,19H2,1H3/t17-,18-/m1/s1. The Kier molecular flexibility index (Phi) is 3.86. The molecule has 0 spiro atoms. The van der Waals surface area contributed by atoms with Crippen molar-refractivity contribution in [3.63, 3.8) is 0 Å². The van der Waals surface area contributed by atoms with E-state index in [4.69, 9.17) is 5.73 Å². The number of hydrogen-bond acceptors (Lipinski definition) is 2. The lowest BCUT2D eigenvalue weighted by molar-refractivity contribution is 0.228. The third-order valence-electron chi connectivity index (χ3n) is 4.31. The number of rotatable bonds is 2. The molecule has 104 valence electrons. The van der Waals surface area contributed by atoms with Crippen LogP contribution in [0.3, 0.4) is 0 Å². The van der Waals surface area contributed by atoms with Crippen LogP contribution in [0.15, 0.2) is 54.6 Å². The molecule has 2 N–H and O–H groups in total. The van der Waals surface area contributed by atoms with Crippen LogP contribution < -0.4 is 5.73 Å². The van der Waals surface area contributed by atoms with Crippen LogP contribution in [0.2, 0.25) is 0 Å². The molecule has 0 bridgehead atoms. The summed E-state index contributed by atoms with van der Waals surface area (Å²) in [7, 11) is 2.15. The van der Waals surface area contributed by atoms with Crippen molar-refractivity contribution < 1.29 is 0 Å². The number of likely N-dealkylation sites (N-methyl/N-ethyl adjacent to an activating group) is 1. The molecule has 2 nitrogen and oxygen atoms in total. The second-order valence-corrected chi connectivity index (χ2v) is 5.81. The molecule has 0 radical (unpaired) electrons. The first-order valence-electron chi connectivity index (χ1n) is 7.33. The Morgan fingerprint density at radius 2 is 1.60 bits per heavy atom. The van der Waals surface area contributed by atoms with Crippen LogP contribution in [0.25, 0.3) is 11.1 Å². The van der Waals surface area contributed by atoms with Crippen LogP contribution in [0.4, 0.5) is 0 Å². The monoisotopic (exact) mass is 266 g/mol. The Bertz CT molecular complexity index is 547. The molecule has 0 saturated carbocycles. The maximum Gasteiger partial charge on any atom is 0.0237 e. The average molecular weight is 266 g/mol. The van der Waals surface area contributed by atoms with Gasteiger partial charge in [-0.15, -0.1) is 0 Å². The van der Waals surface area contributed by atoms with E-state index in [1.54, 1.807) is 0 Å². The largest absolute Gasteiger partial charge is 0.326 e. The quantitative estimate of drug-likeness (QED) is 0.905. The highest BCUT2D eigenvalue weighted by atomic mass is 15.1. The average Bonchev–Trinajstić information content (AvgIpc) is 2.48. The van der Waals surface area contributed by atoms with Crippen molar-refractivity contribution in [3.8, 4) is 11.1 Å². The maximum absolute atomic E-state index is 6.31. The number of hydrogen-bond donors (Lipinski definition) is 1. The van der Waals surface area contributed by atoms with E-state index in [1.807, 2.05) is 0 Å². The van der Waals surface area contributed by atoms with Crippen molar-refractivity contribution in [2.24, 2.45) is 5.73 Å². The van der Waals surface area contributed by atoms with Gasteiger partial charge in [0.05, 0.1) is 0 Å². The summed E-state index contributed by atoms with van der Waals surface area (Å²) in [5, 5.41) is 0. The van der Waals surface area contributed by atoms with E-state index in [1.165, 1.54) is 16.7 Å². The molecule has 3 rings (SSSR count). The van der Waals surface area contributed by atoms with E-state index in [2.05, 4.69) is 66.5 Å². The predicted molar refractivity (Wildman–Crippen MR) is 84.7 cm³/mol. The number of piperidine rings is 1. The van der Waals surface area contributed by atoms with Crippen molar-refractivity contribution in [1.29, 1.82) is 0 Å². The van der Waals surface area contributed by atoms with E-state index >= 15 is 0 Å². The first-order valence-corrected chi connectivity index (χ1v) is 7.33. The third-order valence-corrected chi connectivity index (χ3v) is 4.31. The molecule has 1 fully saturated rings. The van der Waals surface area contributed by atoms with Crippen molar-refractivity contribution in [1.82, 2.24) is 4.90 Å². The van der Waals surface area contributed by atoms with Gasteiger partial charge >= 0.3 is 0 Å². The minimum absolute atomic E-state index is 0.247. The highest BCUT2D eigenvalue weighted by Crippen LogP contribution is 2.28. The number of nitrogens with zero attached hydrogens (tertiary/aromatic N) is 1. The first-order chi connectivity index (χ1) is 9.74. The van der Waals surface area contributed by atoms with Gasteiger partial charge < -0.3 is 10.6 Å². The molecule has 2 heteroatoms. The van der Waals surface area contributed by atoms with Crippen molar-refractivity contribution in [3.05, 3.63) is 60.2 Å². The second-order valence-electron chi connectivity index (χ2n) is 5.81. The van der Waals surface area contributed by atoms with Gasteiger partial charge in [0.15, 0.2) is 0 Å². The summed E-state index contributed by atoms with van der Waals surface area (Å²) >= 11 is 0. The summed E-state index contributed by atoms with van der Waals surface area (Å²) in [6.07, 6.45) is 1.16. The maximum atomic E-state index is 6.31. The SMILES string of the molecule is CN1CC[C@H](c2ccc(-c3ccccc3)cc2)[C@H](N)C1. The Balaban J connectivity index is 1.80. The fraction of sp³-hybridized carbons (Fsp3) is 0.333. The Morgan fingerprint density at radius 3 is 2.25 bits per heavy atom. The molecular weight excluding hydrogens is 244 g/mol. The predicted octanol–water partition coefficient (Wildman–Crippen LogP) is 3.10. The minimum atomic E-state index is 0.247. The lowest BCUT2D eigenvalue weighted by Gasteiger charge is -2.34. The van der Waals surface area contributed by atoms with Crippen LogP contribution in [0, 0.1) is 0 Å². The van der Waals surface area contributed by atoms with E-state index in [0.29, 0.717) is 5.92 Å². The minimum Gasteiger partial charge on any atom is -0.326 e. The summed E-state index contributed by atoms with van der Waals surface area (Å²) in [5.41, 5.74) is 10.2. The topological polar surface area (TPSA) is 29.3 Å². The summed E-state index contributed by atoms with van der Waals surface area (Å²) in [5.74, 6) is 0.496. The number of nitrogens with two attached hydrogens (primary N) is 1. The van der Waals surface area contributed by atoms with Crippen LogP contribution in [-0.2, 0) is 0 Å². The number of likely N-dealkylation sites (tertiary alicyclic amines) is 1. The molecule has 1 saturated heterocycles. The highest BCUT2D eigenvalue weighted by Gasteiger charge is 2.25. The van der Waals surface area contributed by atoms with Gasteiger partial charge in [-0.05, 0) is 36.7 Å². The fourth-order valence-corrected chi connectivity index (χ4v) is 3.12. The van der Waals surface area contributed by atoms with Crippen LogP contribution in [-0.4, -0.2) is 31.1 Å². The Morgan fingerprint density at radius 1 is 0.950 bits per heavy atom. The lowest BCUT2D eigenvalue weighted by atomic mass is 9.85. The summed E-state index contributed by atoms with van der Waals surface area (Å²) in [4.78, 5) is 2.32. The van der Waals surface area contributed by atoms with Crippen LogP contribution >= 0.6 is 0 Å². The summed E-state index contributed by atoms with van der Waals surface area (Å²) < 4.78 is 0. The molecule has 20 heavy (non-hydrogen) atoms. The van der Waals surface area contributed by atoms with Gasteiger partial charge in [-0.1, -0.05) is 54.6 Å². The van der Waals surface area contributed by atoms with Crippen molar-refractivity contribution in [2.75, 3.05) is 20.1 Å². The number of benzene rings is 2. The van der Waals surface area contributed by atoms with Crippen LogP contribution in [0.5, 0.6) is 0 Å². The van der Waals surface area contributed by atoms with Crippen molar-refractivity contribution in [2.45, 2.75) is 18.4 Å². The molecule has 0 aliphatic carbocycles. The Hall–Kier alpha value is -1.64. The molecule has 0 amide bonds. The first kappa shape index (κ1) is 13.3. The van der Waals surface area contributed by atoms with E-state index in [9.17, 15) is 0 Å².